The van der Waals surface area contributed by atoms with Gasteiger partial charge in [0.15, 0.2) is 0 Å². The Labute approximate surface area is 191 Å². The summed E-state index contributed by atoms with van der Waals surface area (Å²) in [5.41, 5.74) is 3.50. The first kappa shape index (κ1) is 21.4. The number of pyridine rings is 1. The fourth-order valence-corrected chi connectivity index (χ4v) is 4.84. The quantitative estimate of drug-likeness (QED) is 0.475. The molecule has 3 heterocycles. The second-order valence-corrected chi connectivity index (χ2v) is 9.22. The Morgan fingerprint density at radius 1 is 1.21 bits per heavy atom. The van der Waals surface area contributed by atoms with Crippen molar-refractivity contribution in [2.24, 2.45) is 5.92 Å². The Bertz CT molecular complexity index is 1370. The van der Waals surface area contributed by atoms with Crippen LogP contribution in [0.2, 0.25) is 0 Å². The van der Waals surface area contributed by atoms with Gasteiger partial charge in [0.1, 0.15) is 18.1 Å². The third-order valence-corrected chi connectivity index (χ3v) is 6.48. The molecule has 0 radical (unpaired) electrons. The highest BCUT2D eigenvalue weighted by molar-refractivity contribution is 5.93. The molecule has 3 aliphatic heterocycles. The molecule has 1 fully saturated rings. The fraction of sp³-hybridized carbons (Fsp3) is 0.346. The number of rotatable bonds is 4. The van der Waals surface area contributed by atoms with Crippen LogP contribution in [0.3, 0.4) is 0 Å². The average molecular weight is 447 g/mol. The monoisotopic (exact) mass is 446 g/mol. The van der Waals surface area contributed by atoms with E-state index in [1.807, 2.05) is 34.6 Å². The summed E-state index contributed by atoms with van der Waals surface area (Å²) < 4.78 is 17.4. The van der Waals surface area contributed by atoms with Crippen LogP contribution in [0.25, 0.3) is 22.2 Å². The number of aromatic nitrogens is 3. The number of benzene rings is 2. The number of halogens is 1. The molecule has 0 N–H and O–H groups in total. The van der Waals surface area contributed by atoms with Crippen LogP contribution in [0.1, 0.15) is 30.9 Å². The van der Waals surface area contributed by atoms with Crippen LogP contribution in [-0.2, 0) is 17.9 Å². The molecule has 170 valence electrons. The fourth-order valence-electron chi connectivity index (χ4n) is 4.84. The third kappa shape index (κ3) is 4.15. The zero-order valence-corrected chi connectivity index (χ0v) is 18.9. The van der Waals surface area contributed by atoms with Gasteiger partial charge in [-0.15, -0.1) is 0 Å². The van der Waals surface area contributed by atoms with Crippen molar-refractivity contribution in [3.63, 3.8) is 0 Å². The molecule has 1 saturated heterocycles. The molecule has 0 bridgehead atoms. The van der Waals surface area contributed by atoms with Gasteiger partial charge in [-0.05, 0) is 49.4 Å². The molecule has 2 aromatic rings. The molecule has 33 heavy (non-hydrogen) atoms. The number of amides is 1. The normalized spacial score (nSPS) is 16.6. The van der Waals surface area contributed by atoms with Crippen molar-refractivity contribution in [1.82, 2.24) is 19.2 Å². The highest BCUT2D eigenvalue weighted by atomic mass is 19.1. The van der Waals surface area contributed by atoms with Gasteiger partial charge in [0.25, 0.3) is 5.56 Å². The minimum atomic E-state index is -0.391. The number of carbonyl (C=O) groups excluding carboxylic acids is 1. The highest BCUT2D eigenvalue weighted by Gasteiger charge is 2.25. The van der Waals surface area contributed by atoms with Crippen molar-refractivity contribution >= 4 is 16.8 Å². The summed E-state index contributed by atoms with van der Waals surface area (Å²) in [4.78, 5) is 27.9. The number of likely N-dealkylation sites (tertiary alicyclic amines) is 1. The van der Waals surface area contributed by atoms with Crippen LogP contribution < -0.4 is 5.56 Å². The molecule has 3 aliphatic rings. The minimum Gasteiger partial charge on any atom is -0.342 e. The van der Waals surface area contributed by atoms with Crippen LogP contribution in [-0.4, -0.2) is 38.2 Å². The smallest absolute Gasteiger partial charge is 0.278 e. The molecule has 0 spiro atoms. The van der Waals surface area contributed by atoms with Gasteiger partial charge in [-0.25, -0.2) is 9.07 Å². The van der Waals surface area contributed by atoms with Crippen molar-refractivity contribution in [2.45, 2.75) is 39.8 Å². The summed E-state index contributed by atoms with van der Waals surface area (Å²) in [6.45, 7) is 6.02. The number of nitrogens with zero attached hydrogens (tertiary/aromatic N) is 4. The topological polar surface area (TPSA) is 60.1 Å². The van der Waals surface area contributed by atoms with Crippen LogP contribution in [0.5, 0.6) is 0 Å². The molecule has 1 atom stereocenters. The van der Waals surface area contributed by atoms with E-state index in [0.717, 1.165) is 29.5 Å². The Balaban J connectivity index is 1.57. The average Bonchev–Trinajstić information content (AvgIpc) is 3.09. The molecular weight excluding hydrogens is 419 g/mol. The van der Waals surface area contributed by atoms with E-state index in [2.05, 4.69) is 18.1 Å². The number of carbonyl (C=O) groups is 1. The first-order valence-corrected chi connectivity index (χ1v) is 11.4. The Kier molecular flexibility index (Phi) is 5.48. The predicted octanol–water partition coefficient (Wildman–Crippen LogP) is 4.06. The van der Waals surface area contributed by atoms with Gasteiger partial charge in [-0.1, -0.05) is 36.8 Å². The number of fused-ring (bicyclic) bond motifs is 3. The lowest BCUT2D eigenvalue weighted by molar-refractivity contribution is -0.133. The molecule has 2 aromatic carbocycles. The van der Waals surface area contributed by atoms with Gasteiger partial charge >= 0.3 is 0 Å². The molecule has 5 rings (SSSR count). The van der Waals surface area contributed by atoms with Crippen molar-refractivity contribution in [3.05, 3.63) is 76.0 Å². The summed E-state index contributed by atoms with van der Waals surface area (Å²) in [6.07, 6.45) is 3.86. The van der Waals surface area contributed by atoms with E-state index >= 15 is 0 Å². The van der Waals surface area contributed by atoms with Crippen LogP contribution >= 0.6 is 0 Å². The second-order valence-electron chi connectivity index (χ2n) is 9.22. The molecule has 0 aliphatic carbocycles. The molecule has 7 heteroatoms. The molecular formula is C26H27FN4O2. The lowest BCUT2D eigenvalue weighted by Crippen LogP contribution is -2.42. The number of piperidine rings is 1. The first-order chi connectivity index (χ1) is 15.9. The Morgan fingerprint density at radius 3 is 2.85 bits per heavy atom. The highest BCUT2D eigenvalue weighted by Crippen LogP contribution is 2.29. The van der Waals surface area contributed by atoms with Crippen LogP contribution in [0.15, 0.2) is 53.5 Å². The lowest BCUT2D eigenvalue weighted by atomic mass is 10.0. The zero-order valence-electron chi connectivity index (χ0n) is 18.9. The van der Waals surface area contributed by atoms with Crippen molar-refractivity contribution in [1.29, 1.82) is 0 Å². The largest absolute Gasteiger partial charge is 0.342 e. The summed E-state index contributed by atoms with van der Waals surface area (Å²) in [5.74, 6) is -0.0364. The molecule has 1 unspecified atom stereocenters. The summed E-state index contributed by atoms with van der Waals surface area (Å²) in [6, 6.07) is 12.7. The number of aryl methyl sites for hydroxylation is 1. The molecule has 0 aromatic heterocycles. The van der Waals surface area contributed by atoms with Gasteiger partial charge in [0.05, 0.1) is 11.1 Å². The maximum Gasteiger partial charge on any atom is 0.278 e. The van der Waals surface area contributed by atoms with E-state index in [1.54, 1.807) is 12.3 Å². The Morgan fingerprint density at radius 2 is 2.06 bits per heavy atom. The van der Waals surface area contributed by atoms with Gasteiger partial charge in [0.2, 0.25) is 5.91 Å². The third-order valence-electron chi connectivity index (χ3n) is 6.48. The minimum absolute atomic E-state index is 0.102. The van der Waals surface area contributed by atoms with E-state index in [1.165, 1.54) is 16.8 Å². The lowest BCUT2D eigenvalue weighted by Gasteiger charge is -2.30. The molecule has 1 amide bonds. The van der Waals surface area contributed by atoms with Crippen LogP contribution in [0, 0.1) is 18.7 Å². The number of hydrogen-bond donors (Lipinski definition) is 0. The van der Waals surface area contributed by atoms with Gasteiger partial charge in [0, 0.05) is 31.2 Å². The standard InChI is InChI=1S/C26H27FN4O2/c1-17-5-3-7-19(11-17)14-30-15-22-25(21-12-20(27)8-9-23(21)30)28-31(26(22)33)16-24(32)29-10-4-6-18(2)13-29/h3,5,7-9,11-12,15,18H,4,6,10,13-14,16H2,1-2H3. The van der Waals surface area contributed by atoms with E-state index in [9.17, 15) is 14.0 Å². The van der Waals surface area contributed by atoms with Crippen LogP contribution in [0.4, 0.5) is 4.39 Å². The van der Waals surface area contributed by atoms with Crippen molar-refractivity contribution in [3.8, 4) is 11.3 Å². The summed E-state index contributed by atoms with van der Waals surface area (Å²) >= 11 is 0. The first-order valence-electron chi connectivity index (χ1n) is 11.4. The SMILES string of the molecule is Cc1cccc(Cn2cc3c(=O)n(CC(=O)N4CCCC(C)C4)nc-3c3cc(F)ccc32)c1. The summed E-state index contributed by atoms with van der Waals surface area (Å²) in [5, 5.41) is 5.04. The zero-order chi connectivity index (χ0) is 23.1. The summed E-state index contributed by atoms with van der Waals surface area (Å²) in [7, 11) is 0. The van der Waals surface area contributed by atoms with Gasteiger partial charge in [-0.2, -0.15) is 5.10 Å². The molecule has 0 saturated carbocycles. The second kappa shape index (κ2) is 8.46. The van der Waals surface area contributed by atoms with Crippen molar-refractivity contribution < 1.29 is 9.18 Å². The van der Waals surface area contributed by atoms with Gasteiger partial charge in [-0.3, -0.25) is 9.59 Å². The van der Waals surface area contributed by atoms with E-state index < -0.39 is 5.82 Å². The predicted molar refractivity (Wildman–Crippen MR) is 126 cm³/mol. The number of hydrogen-bond acceptors (Lipinski definition) is 3. The van der Waals surface area contributed by atoms with Crippen molar-refractivity contribution in [2.75, 3.05) is 13.1 Å². The van der Waals surface area contributed by atoms with E-state index in [0.29, 0.717) is 42.2 Å². The Hall–Kier alpha value is -3.48. The van der Waals surface area contributed by atoms with Gasteiger partial charge < -0.3 is 9.47 Å². The molecule has 6 nitrogen and oxygen atoms in total. The maximum absolute atomic E-state index is 14.2. The van der Waals surface area contributed by atoms with E-state index in [4.69, 9.17) is 0 Å². The maximum atomic E-state index is 14.2. The van der Waals surface area contributed by atoms with E-state index in [-0.39, 0.29) is 18.0 Å².